The van der Waals surface area contributed by atoms with Gasteiger partial charge in [-0.1, -0.05) is 25.5 Å². The van der Waals surface area contributed by atoms with E-state index >= 15 is 0 Å². The summed E-state index contributed by atoms with van der Waals surface area (Å²) in [6, 6.07) is 0. The van der Waals surface area contributed by atoms with Crippen LogP contribution >= 0.6 is 0 Å². The maximum Gasteiger partial charge on any atom is 0.0577 e. The first-order chi connectivity index (χ1) is 11.4. The summed E-state index contributed by atoms with van der Waals surface area (Å²) < 4.78 is 0. The SMILES string of the molecule is C/C(=N/N)C1CCC2C3CC=C4C[C@@H](O)CC[C@]4(C)C3CC[C@]12C. The predicted molar refractivity (Wildman–Crippen MR) is 98.5 cm³/mol. The Kier molecular flexibility index (Phi) is 3.87. The molecule has 0 radical (unpaired) electrons. The van der Waals surface area contributed by atoms with E-state index in [1.165, 1.54) is 38.5 Å². The number of hydrogen-bond donors (Lipinski definition) is 2. The van der Waals surface area contributed by atoms with Crippen LogP contribution in [0.15, 0.2) is 16.8 Å². The van der Waals surface area contributed by atoms with Crippen molar-refractivity contribution in [1.29, 1.82) is 0 Å². The van der Waals surface area contributed by atoms with Crippen molar-refractivity contribution in [2.75, 3.05) is 0 Å². The molecule has 0 saturated heterocycles. The number of nitrogens with zero attached hydrogens (tertiary/aromatic N) is 1. The molecule has 3 nitrogen and oxygen atoms in total. The maximum atomic E-state index is 10.1. The zero-order valence-corrected chi connectivity index (χ0v) is 15.6. The van der Waals surface area contributed by atoms with Gasteiger partial charge < -0.3 is 10.9 Å². The summed E-state index contributed by atoms with van der Waals surface area (Å²) in [5, 5.41) is 14.2. The Morgan fingerprint density at radius 3 is 2.71 bits per heavy atom. The summed E-state index contributed by atoms with van der Waals surface area (Å²) in [6.45, 7) is 7.16. The molecule has 0 aliphatic heterocycles. The Morgan fingerprint density at radius 2 is 1.96 bits per heavy atom. The summed E-state index contributed by atoms with van der Waals surface area (Å²) in [6.07, 6.45) is 12.0. The minimum absolute atomic E-state index is 0.103. The first-order valence-corrected chi connectivity index (χ1v) is 10.0. The number of allylic oxidation sites excluding steroid dienone is 1. The first kappa shape index (κ1) is 16.6. The summed E-state index contributed by atoms with van der Waals surface area (Å²) in [5.74, 6) is 8.68. The van der Waals surface area contributed by atoms with Crippen LogP contribution in [-0.2, 0) is 0 Å². The van der Waals surface area contributed by atoms with Gasteiger partial charge in [0.25, 0.3) is 0 Å². The molecule has 0 spiro atoms. The van der Waals surface area contributed by atoms with Crippen LogP contribution in [0.2, 0.25) is 0 Å². The summed E-state index contributed by atoms with van der Waals surface area (Å²) in [5.41, 5.74) is 3.47. The van der Waals surface area contributed by atoms with Crippen molar-refractivity contribution in [3.05, 3.63) is 11.6 Å². The monoisotopic (exact) mass is 330 g/mol. The third-order valence-electron chi connectivity index (χ3n) is 8.79. The lowest BCUT2D eigenvalue weighted by molar-refractivity contribution is -0.0423. The molecule has 0 amide bonds. The van der Waals surface area contributed by atoms with Crippen LogP contribution in [0.4, 0.5) is 0 Å². The Bertz CT molecular complexity index is 582. The number of fused-ring (bicyclic) bond motifs is 5. The van der Waals surface area contributed by atoms with E-state index in [2.05, 4.69) is 31.9 Å². The van der Waals surface area contributed by atoms with Gasteiger partial charge in [0.05, 0.1) is 6.10 Å². The van der Waals surface area contributed by atoms with Gasteiger partial charge in [-0.3, -0.25) is 0 Å². The molecule has 3 N–H and O–H groups in total. The lowest BCUT2D eigenvalue weighted by atomic mass is 9.47. The van der Waals surface area contributed by atoms with E-state index in [-0.39, 0.29) is 6.10 Å². The quantitative estimate of drug-likeness (QED) is 0.327. The van der Waals surface area contributed by atoms with Gasteiger partial charge >= 0.3 is 0 Å². The Balaban J connectivity index is 1.65. The number of rotatable bonds is 1. The Morgan fingerprint density at radius 1 is 1.17 bits per heavy atom. The lowest BCUT2D eigenvalue weighted by Gasteiger charge is -2.58. The maximum absolute atomic E-state index is 10.1. The van der Waals surface area contributed by atoms with Crippen molar-refractivity contribution in [2.45, 2.75) is 78.2 Å². The van der Waals surface area contributed by atoms with Gasteiger partial charge in [-0.2, -0.15) is 5.10 Å². The van der Waals surface area contributed by atoms with Gasteiger partial charge in [0.15, 0.2) is 0 Å². The molecule has 4 rings (SSSR count). The third kappa shape index (κ3) is 2.16. The molecule has 3 heteroatoms. The van der Waals surface area contributed by atoms with Crippen LogP contribution in [-0.4, -0.2) is 16.9 Å². The van der Waals surface area contributed by atoms with Gasteiger partial charge in [-0.25, -0.2) is 0 Å². The predicted octanol–water partition coefficient (Wildman–Crippen LogP) is 4.26. The second-order valence-electron chi connectivity index (χ2n) is 9.60. The molecule has 3 fully saturated rings. The highest BCUT2D eigenvalue weighted by Crippen LogP contribution is 2.66. The van der Waals surface area contributed by atoms with Gasteiger partial charge in [0, 0.05) is 11.6 Å². The number of hydrogen-bond acceptors (Lipinski definition) is 3. The molecule has 0 bridgehead atoms. The standard InChI is InChI=1S/C21H34N2O/c1-13(23-22)17-6-7-18-16-5-4-14-12-15(24)8-10-20(14,2)19(16)9-11-21(17,18)3/h4,15-19,24H,5-12,22H2,1-3H3/b23-13-/t15-,16?,17?,18?,19?,20-,21+/m0/s1. The molecule has 3 saturated carbocycles. The largest absolute Gasteiger partial charge is 0.393 e. The van der Waals surface area contributed by atoms with E-state index < -0.39 is 0 Å². The highest BCUT2D eigenvalue weighted by Gasteiger charge is 2.58. The number of hydrazone groups is 1. The number of aliphatic hydroxyl groups is 1. The molecule has 134 valence electrons. The van der Waals surface area contributed by atoms with E-state index in [9.17, 15) is 5.11 Å². The third-order valence-corrected chi connectivity index (χ3v) is 8.79. The number of nitrogens with two attached hydrogens (primary N) is 1. The molecule has 0 heterocycles. The summed E-state index contributed by atoms with van der Waals surface area (Å²) >= 11 is 0. The minimum Gasteiger partial charge on any atom is -0.393 e. The van der Waals surface area contributed by atoms with Crippen LogP contribution in [0, 0.1) is 34.5 Å². The van der Waals surface area contributed by atoms with Crippen LogP contribution in [0.5, 0.6) is 0 Å². The zero-order chi connectivity index (χ0) is 17.1. The molecule has 0 aromatic rings. The van der Waals surface area contributed by atoms with Crippen molar-refractivity contribution >= 4 is 5.71 Å². The highest BCUT2D eigenvalue weighted by molar-refractivity contribution is 5.85. The molecule has 0 aromatic heterocycles. The fourth-order valence-corrected chi connectivity index (χ4v) is 7.42. The molecule has 4 aliphatic rings. The lowest BCUT2D eigenvalue weighted by Crippen LogP contribution is -2.50. The van der Waals surface area contributed by atoms with Crippen molar-refractivity contribution in [3.63, 3.8) is 0 Å². The van der Waals surface area contributed by atoms with E-state index in [1.54, 1.807) is 5.57 Å². The number of aliphatic hydroxyl groups excluding tert-OH is 1. The van der Waals surface area contributed by atoms with Crippen LogP contribution < -0.4 is 5.84 Å². The van der Waals surface area contributed by atoms with Gasteiger partial charge in [-0.15, -0.1) is 0 Å². The van der Waals surface area contributed by atoms with Crippen LogP contribution in [0.3, 0.4) is 0 Å². The summed E-state index contributed by atoms with van der Waals surface area (Å²) in [4.78, 5) is 0. The molecule has 0 aromatic carbocycles. The molecule has 24 heavy (non-hydrogen) atoms. The van der Waals surface area contributed by atoms with E-state index in [1.807, 2.05) is 0 Å². The van der Waals surface area contributed by atoms with Crippen LogP contribution in [0.25, 0.3) is 0 Å². The molecule has 4 aliphatic carbocycles. The fourth-order valence-electron chi connectivity index (χ4n) is 7.42. The van der Waals surface area contributed by atoms with Gasteiger partial charge in [-0.05, 0) is 86.9 Å². The van der Waals surface area contributed by atoms with Crippen molar-refractivity contribution < 1.29 is 5.11 Å². The summed E-state index contributed by atoms with van der Waals surface area (Å²) in [7, 11) is 0. The average Bonchev–Trinajstić information content (AvgIpc) is 2.92. The topological polar surface area (TPSA) is 58.6 Å². The van der Waals surface area contributed by atoms with E-state index in [0.717, 1.165) is 36.3 Å². The van der Waals surface area contributed by atoms with Crippen LogP contribution in [0.1, 0.15) is 72.1 Å². The second kappa shape index (κ2) is 5.59. The average molecular weight is 331 g/mol. The second-order valence-corrected chi connectivity index (χ2v) is 9.60. The van der Waals surface area contributed by atoms with Crippen molar-refractivity contribution in [3.8, 4) is 0 Å². The molecule has 4 unspecified atom stereocenters. The molecular formula is C21H34N2O. The van der Waals surface area contributed by atoms with Gasteiger partial charge in [0.1, 0.15) is 0 Å². The molecule has 7 atom stereocenters. The Hall–Kier alpha value is -0.830. The van der Waals surface area contributed by atoms with Gasteiger partial charge in [0.2, 0.25) is 0 Å². The smallest absolute Gasteiger partial charge is 0.0577 e. The Labute approximate surface area is 146 Å². The zero-order valence-electron chi connectivity index (χ0n) is 15.6. The highest BCUT2D eigenvalue weighted by atomic mass is 16.3. The fraction of sp³-hybridized carbons (Fsp3) is 0.857. The van der Waals surface area contributed by atoms with Crippen molar-refractivity contribution in [2.24, 2.45) is 45.4 Å². The first-order valence-electron chi connectivity index (χ1n) is 10.0. The molecular weight excluding hydrogens is 296 g/mol. The van der Waals surface area contributed by atoms with E-state index in [4.69, 9.17) is 5.84 Å². The normalized spacial score (nSPS) is 51.4. The minimum atomic E-state index is -0.103. The van der Waals surface area contributed by atoms with E-state index in [0.29, 0.717) is 16.7 Å². The van der Waals surface area contributed by atoms with Crippen molar-refractivity contribution in [1.82, 2.24) is 0 Å².